The van der Waals surface area contributed by atoms with Crippen LogP contribution in [0.15, 0.2) is 15.8 Å². The lowest BCUT2D eigenvalue weighted by atomic mass is 10.6. The van der Waals surface area contributed by atoms with Crippen molar-refractivity contribution in [2.24, 2.45) is 0 Å². The van der Waals surface area contributed by atoms with E-state index in [-0.39, 0.29) is 0 Å². The zero-order valence-electron chi connectivity index (χ0n) is 4.60. The molecule has 0 atom stereocenters. The van der Waals surface area contributed by atoms with E-state index in [2.05, 4.69) is 0 Å². The Hall–Kier alpha value is -1.46. The molecule has 0 unspecified atom stereocenters. The maximum absolute atomic E-state index is 12.0. The van der Waals surface area contributed by atoms with E-state index in [9.17, 15) is 18.5 Å². The minimum absolute atomic E-state index is 0.501. The van der Waals surface area contributed by atoms with E-state index in [0.29, 0.717) is 6.20 Å². The number of H-pyrrole nitrogens is 1. The quantitative estimate of drug-likeness (QED) is 0.534. The SMILES string of the molecule is O=c1[nH]cc(F)c(=O)n1F. The van der Waals surface area contributed by atoms with Crippen molar-refractivity contribution in [3.05, 3.63) is 32.9 Å². The van der Waals surface area contributed by atoms with E-state index >= 15 is 0 Å². The van der Waals surface area contributed by atoms with Crippen LogP contribution in [0.3, 0.4) is 0 Å². The first-order valence-corrected chi connectivity index (χ1v) is 2.29. The van der Waals surface area contributed by atoms with Gasteiger partial charge in [0.05, 0.1) is 0 Å². The number of aromatic amines is 1. The summed E-state index contributed by atoms with van der Waals surface area (Å²) in [6.07, 6.45) is 0.501. The number of hydrogen-bond donors (Lipinski definition) is 1. The van der Waals surface area contributed by atoms with Gasteiger partial charge in [0.1, 0.15) is 0 Å². The third-order valence-electron chi connectivity index (χ3n) is 0.883. The molecule has 0 amide bonds. The summed E-state index contributed by atoms with van der Waals surface area (Å²) in [4.78, 5) is 21.2. The fourth-order valence-corrected chi connectivity index (χ4v) is 0.430. The monoisotopic (exact) mass is 148 g/mol. The minimum atomic E-state index is -1.58. The Morgan fingerprint density at radius 1 is 1.50 bits per heavy atom. The number of aromatic nitrogens is 2. The topological polar surface area (TPSA) is 54.9 Å². The molecule has 0 aliphatic heterocycles. The Bertz CT molecular complexity index is 353. The molecule has 1 aromatic rings. The number of hydrogen-bond acceptors (Lipinski definition) is 2. The third-order valence-corrected chi connectivity index (χ3v) is 0.883. The van der Waals surface area contributed by atoms with Crippen LogP contribution < -0.4 is 11.2 Å². The van der Waals surface area contributed by atoms with Gasteiger partial charge in [-0.25, -0.2) is 4.79 Å². The highest BCUT2D eigenvalue weighted by Gasteiger charge is 2.03. The van der Waals surface area contributed by atoms with Gasteiger partial charge in [-0.1, -0.05) is 9.27 Å². The number of halogens is 2. The molecular formula is C4H2F2N2O2. The molecule has 0 radical (unpaired) electrons. The standard InChI is InChI=1S/C4H2F2N2O2/c5-2-1-7-4(10)8(6)3(2)9/h1H,(H,7,10). The first-order valence-electron chi connectivity index (χ1n) is 2.29. The van der Waals surface area contributed by atoms with Gasteiger partial charge in [-0.2, -0.15) is 4.39 Å². The fourth-order valence-electron chi connectivity index (χ4n) is 0.430. The number of nitrogens with one attached hydrogen (secondary N) is 1. The smallest absolute Gasteiger partial charge is 0.309 e. The highest BCUT2D eigenvalue weighted by Crippen LogP contribution is 1.78. The van der Waals surface area contributed by atoms with Crippen LogP contribution in [0, 0.1) is 5.82 Å². The van der Waals surface area contributed by atoms with E-state index in [1.54, 1.807) is 4.98 Å². The van der Waals surface area contributed by atoms with E-state index in [1.807, 2.05) is 0 Å². The third kappa shape index (κ3) is 0.831. The fraction of sp³-hybridized carbons (Fsp3) is 0. The normalized spacial score (nSPS) is 9.80. The maximum atomic E-state index is 12.0. The second-order valence-corrected chi connectivity index (χ2v) is 1.53. The zero-order chi connectivity index (χ0) is 7.72. The van der Waals surface area contributed by atoms with Crippen molar-refractivity contribution in [3.8, 4) is 0 Å². The molecule has 6 heteroatoms. The summed E-state index contributed by atoms with van der Waals surface area (Å²) in [6.45, 7) is 0. The van der Waals surface area contributed by atoms with Gasteiger partial charge in [0, 0.05) is 6.20 Å². The predicted molar refractivity (Wildman–Crippen MR) is 27.8 cm³/mol. The second-order valence-electron chi connectivity index (χ2n) is 1.53. The van der Waals surface area contributed by atoms with Crippen LogP contribution in [0.1, 0.15) is 0 Å². The molecule has 0 saturated heterocycles. The largest absolute Gasteiger partial charge is 0.357 e. The number of rotatable bonds is 0. The average Bonchev–Trinajstić information content (AvgIpc) is 1.93. The van der Waals surface area contributed by atoms with Crippen LogP contribution >= 0.6 is 0 Å². The van der Waals surface area contributed by atoms with Crippen molar-refractivity contribution in [1.82, 2.24) is 9.77 Å². The number of nitrogens with zero attached hydrogens (tertiary/aromatic N) is 1. The average molecular weight is 148 g/mol. The first-order chi connectivity index (χ1) is 4.63. The van der Waals surface area contributed by atoms with Crippen LogP contribution in [0.2, 0.25) is 0 Å². The Kier molecular flexibility index (Phi) is 1.37. The van der Waals surface area contributed by atoms with Gasteiger partial charge in [0.25, 0.3) is 0 Å². The summed E-state index contributed by atoms with van der Waals surface area (Å²) in [5.74, 6) is -1.33. The van der Waals surface area contributed by atoms with Gasteiger partial charge in [-0.15, -0.1) is 0 Å². The van der Waals surface area contributed by atoms with Crippen molar-refractivity contribution in [2.75, 3.05) is 0 Å². The van der Waals surface area contributed by atoms with Crippen LogP contribution in [0.4, 0.5) is 8.87 Å². The summed E-state index contributed by atoms with van der Waals surface area (Å²) in [5, 5.41) is 0. The molecule has 0 bridgehead atoms. The summed E-state index contributed by atoms with van der Waals surface area (Å²) in [7, 11) is 0. The maximum Gasteiger partial charge on any atom is 0.357 e. The predicted octanol–water partition coefficient (Wildman–Crippen LogP) is -0.592. The Labute approximate surface area is 52.7 Å². The van der Waals surface area contributed by atoms with Crippen LogP contribution in [-0.2, 0) is 0 Å². The van der Waals surface area contributed by atoms with Crippen LogP contribution in [0.25, 0.3) is 0 Å². The molecule has 1 aromatic heterocycles. The zero-order valence-corrected chi connectivity index (χ0v) is 4.60. The van der Waals surface area contributed by atoms with E-state index in [4.69, 9.17) is 0 Å². The molecule has 1 N–H and O–H groups in total. The van der Waals surface area contributed by atoms with Crippen molar-refractivity contribution in [1.29, 1.82) is 0 Å². The summed E-state index contributed by atoms with van der Waals surface area (Å²) >= 11 is 0. The van der Waals surface area contributed by atoms with E-state index in [1.165, 1.54) is 0 Å². The molecule has 54 valence electrons. The van der Waals surface area contributed by atoms with Gasteiger partial charge in [0.15, 0.2) is 0 Å². The van der Waals surface area contributed by atoms with Crippen molar-refractivity contribution >= 4 is 0 Å². The van der Waals surface area contributed by atoms with E-state index < -0.39 is 21.9 Å². The molecule has 4 nitrogen and oxygen atoms in total. The molecule has 0 fully saturated rings. The lowest BCUT2D eigenvalue weighted by Gasteiger charge is -1.87. The van der Waals surface area contributed by atoms with E-state index in [0.717, 1.165) is 0 Å². The van der Waals surface area contributed by atoms with Crippen molar-refractivity contribution in [2.45, 2.75) is 0 Å². The van der Waals surface area contributed by atoms with Crippen LogP contribution in [-0.4, -0.2) is 9.77 Å². The van der Waals surface area contributed by atoms with Gasteiger partial charge >= 0.3 is 11.2 Å². The van der Waals surface area contributed by atoms with Gasteiger partial charge in [-0.3, -0.25) is 4.79 Å². The lowest BCUT2D eigenvalue weighted by molar-refractivity contribution is 0.317. The Morgan fingerprint density at radius 3 is 2.60 bits per heavy atom. The molecular weight excluding hydrogens is 146 g/mol. The summed E-state index contributed by atoms with van der Waals surface area (Å²) in [6, 6.07) is 0. The first kappa shape index (κ1) is 6.66. The van der Waals surface area contributed by atoms with Gasteiger partial charge < -0.3 is 4.98 Å². The molecule has 10 heavy (non-hydrogen) atoms. The lowest BCUT2D eigenvalue weighted by Crippen LogP contribution is -2.31. The Balaban J connectivity index is 3.66. The molecule has 1 heterocycles. The van der Waals surface area contributed by atoms with Gasteiger partial charge in [0.2, 0.25) is 5.82 Å². The second kappa shape index (κ2) is 2.05. The highest BCUT2D eigenvalue weighted by molar-refractivity contribution is 4.84. The Morgan fingerprint density at radius 2 is 2.10 bits per heavy atom. The summed E-state index contributed by atoms with van der Waals surface area (Å²) in [5.41, 5.74) is -2.87. The molecule has 0 aliphatic rings. The van der Waals surface area contributed by atoms with Crippen molar-refractivity contribution in [3.63, 3.8) is 0 Å². The summed E-state index contributed by atoms with van der Waals surface area (Å²) < 4.78 is 24.0. The minimum Gasteiger partial charge on any atom is -0.309 e. The van der Waals surface area contributed by atoms with Crippen LogP contribution in [0.5, 0.6) is 0 Å². The molecule has 0 spiro atoms. The van der Waals surface area contributed by atoms with Gasteiger partial charge in [-0.05, 0) is 0 Å². The molecule has 1 rings (SSSR count). The molecule has 0 saturated carbocycles. The molecule has 0 aliphatic carbocycles. The van der Waals surface area contributed by atoms with Crippen molar-refractivity contribution < 1.29 is 8.87 Å². The highest BCUT2D eigenvalue weighted by atomic mass is 19.2. The molecule has 0 aromatic carbocycles.